The van der Waals surface area contributed by atoms with Crippen LogP contribution >= 0.6 is 0 Å². The molecule has 7 heteroatoms. The Morgan fingerprint density at radius 1 is 1.16 bits per heavy atom. The number of hydrogen-bond acceptors (Lipinski definition) is 5. The molecule has 0 bridgehead atoms. The average Bonchev–Trinajstić information content (AvgIpc) is 2.63. The van der Waals surface area contributed by atoms with Gasteiger partial charge in [-0.15, -0.1) is 0 Å². The summed E-state index contributed by atoms with van der Waals surface area (Å²) in [5, 5.41) is 29.9. The molecule has 1 aromatic rings. The third-order valence-electron chi connectivity index (χ3n) is 2.85. The van der Waals surface area contributed by atoms with E-state index in [4.69, 9.17) is 5.11 Å². The molecule has 1 aliphatic heterocycles. The van der Waals surface area contributed by atoms with Gasteiger partial charge in [0, 0.05) is 0 Å². The van der Waals surface area contributed by atoms with Crippen LogP contribution in [0.5, 0.6) is 0 Å². The molecule has 1 heterocycles. The van der Waals surface area contributed by atoms with E-state index in [0.29, 0.717) is 0 Å². The Morgan fingerprint density at radius 3 is 2.42 bits per heavy atom. The van der Waals surface area contributed by atoms with Crippen molar-refractivity contribution in [2.75, 3.05) is 0 Å². The van der Waals surface area contributed by atoms with Crippen molar-refractivity contribution in [3.63, 3.8) is 0 Å². The molecule has 2 amide bonds. The molecule has 1 aliphatic rings. The van der Waals surface area contributed by atoms with Crippen LogP contribution in [0.4, 0.5) is 0 Å². The van der Waals surface area contributed by atoms with Crippen LogP contribution in [0.3, 0.4) is 0 Å². The number of amides is 2. The van der Waals surface area contributed by atoms with E-state index < -0.39 is 36.4 Å². The van der Waals surface area contributed by atoms with Gasteiger partial charge in [0.15, 0.2) is 0 Å². The maximum atomic E-state index is 11.4. The number of aliphatic hydroxyl groups excluding tert-OH is 2. The summed E-state index contributed by atoms with van der Waals surface area (Å²) < 4.78 is 0. The molecule has 0 aromatic heterocycles. The number of rotatable bonds is 4. The minimum Gasteiger partial charge on any atom is -0.481 e. The van der Waals surface area contributed by atoms with Crippen LogP contribution in [0.1, 0.15) is 38.8 Å². The first-order chi connectivity index (χ1) is 8.90. The van der Waals surface area contributed by atoms with Gasteiger partial charge in [-0.05, 0) is 17.7 Å². The number of benzene rings is 1. The quantitative estimate of drug-likeness (QED) is 0.541. The van der Waals surface area contributed by atoms with Crippen molar-refractivity contribution in [2.24, 2.45) is 0 Å². The summed E-state index contributed by atoms with van der Waals surface area (Å²) >= 11 is 0. The van der Waals surface area contributed by atoms with E-state index in [-0.39, 0.29) is 16.7 Å². The molecule has 1 aromatic carbocycles. The Morgan fingerprint density at radius 2 is 1.79 bits per heavy atom. The van der Waals surface area contributed by atoms with Crippen LogP contribution in [-0.2, 0) is 4.79 Å². The minimum atomic E-state index is -1.49. The van der Waals surface area contributed by atoms with E-state index in [1.165, 1.54) is 18.2 Å². The third kappa shape index (κ3) is 2.47. The summed E-state index contributed by atoms with van der Waals surface area (Å²) in [4.78, 5) is 33.2. The molecule has 0 spiro atoms. The van der Waals surface area contributed by atoms with Crippen molar-refractivity contribution in [1.82, 2.24) is 5.32 Å². The molecule has 0 aliphatic carbocycles. The summed E-state index contributed by atoms with van der Waals surface area (Å²) in [6, 6.07) is 3.99. The predicted molar refractivity (Wildman–Crippen MR) is 61.5 cm³/mol. The Bertz CT molecular complexity index is 567. The Labute approximate surface area is 107 Å². The largest absolute Gasteiger partial charge is 0.481 e. The van der Waals surface area contributed by atoms with E-state index in [2.05, 4.69) is 5.32 Å². The Kier molecular flexibility index (Phi) is 3.32. The van der Waals surface area contributed by atoms with Gasteiger partial charge in [0.1, 0.15) is 6.10 Å². The second-order valence-electron chi connectivity index (χ2n) is 4.20. The maximum Gasteiger partial charge on any atom is 0.306 e. The lowest BCUT2D eigenvalue weighted by Crippen LogP contribution is -2.22. The Balaban J connectivity index is 2.28. The lowest BCUT2D eigenvalue weighted by atomic mass is 9.98. The highest BCUT2D eigenvalue weighted by Crippen LogP contribution is 2.24. The summed E-state index contributed by atoms with van der Waals surface area (Å²) in [5.74, 6) is -2.35. The summed E-state index contributed by atoms with van der Waals surface area (Å²) in [7, 11) is 0. The number of fused-ring (bicyclic) bond motifs is 1. The van der Waals surface area contributed by atoms with Gasteiger partial charge in [0.05, 0.1) is 23.7 Å². The number of carboxylic acids is 1. The van der Waals surface area contributed by atoms with Crippen molar-refractivity contribution in [3.05, 3.63) is 34.9 Å². The van der Waals surface area contributed by atoms with Crippen LogP contribution in [-0.4, -0.2) is 39.2 Å². The van der Waals surface area contributed by atoms with E-state index in [9.17, 15) is 24.6 Å². The summed E-state index contributed by atoms with van der Waals surface area (Å²) in [6.45, 7) is 0. The van der Waals surface area contributed by atoms with E-state index >= 15 is 0 Å². The van der Waals surface area contributed by atoms with Gasteiger partial charge in [-0.3, -0.25) is 19.7 Å². The van der Waals surface area contributed by atoms with Gasteiger partial charge in [-0.2, -0.15) is 0 Å². The van der Waals surface area contributed by atoms with Gasteiger partial charge in [0.25, 0.3) is 11.8 Å². The van der Waals surface area contributed by atoms with E-state index in [1.54, 1.807) is 0 Å². The first kappa shape index (κ1) is 13.2. The molecule has 0 saturated heterocycles. The molecule has 0 saturated carbocycles. The average molecular weight is 265 g/mol. The zero-order chi connectivity index (χ0) is 14.2. The fourth-order valence-corrected chi connectivity index (χ4v) is 1.88. The molecule has 0 radical (unpaired) electrons. The predicted octanol–water partition coefficient (Wildman–Crippen LogP) is -0.561. The van der Waals surface area contributed by atoms with Gasteiger partial charge >= 0.3 is 5.97 Å². The van der Waals surface area contributed by atoms with Gasteiger partial charge < -0.3 is 15.3 Å². The van der Waals surface area contributed by atoms with Crippen molar-refractivity contribution < 1.29 is 29.7 Å². The Hall–Kier alpha value is -2.25. The molecule has 7 nitrogen and oxygen atoms in total. The number of nitrogens with one attached hydrogen (secondary N) is 1. The fourth-order valence-electron chi connectivity index (χ4n) is 1.88. The molecular formula is C12H11NO6. The summed E-state index contributed by atoms with van der Waals surface area (Å²) in [6.07, 6.45) is -3.55. The first-order valence-electron chi connectivity index (χ1n) is 5.47. The second kappa shape index (κ2) is 4.79. The number of carbonyl (C=O) groups is 3. The molecule has 4 N–H and O–H groups in total. The number of aliphatic hydroxyl groups is 2. The van der Waals surface area contributed by atoms with Gasteiger partial charge in [-0.25, -0.2) is 0 Å². The standard InChI is InChI=1S/C12H11NO6/c14-8(4-9(15)16)10(17)5-1-2-6-7(3-5)12(19)13-11(6)18/h1-3,8,10,14,17H,4H2,(H,15,16)(H,13,18,19). The smallest absolute Gasteiger partial charge is 0.306 e. The molecule has 100 valence electrons. The summed E-state index contributed by atoms with van der Waals surface area (Å²) in [5.41, 5.74) is 0.468. The van der Waals surface area contributed by atoms with Crippen molar-refractivity contribution >= 4 is 17.8 Å². The minimum absolute atomic E-state index is 0.101. The van der Waals surface area contributed by atoms with Crippen LogP contribution in [0.15, 0.2) is 18.2 Å². The molecule has 2 unspecified atom stereocenters. The van der Waals surface area contributed by atoms with Crippen LogP contribution < -0.4 is 5.32 Å². The zero-order valence-electron chi connectivity index (χ0n) is 9.66. The topological polar surface area (TPSA) is 124 Å². The molecule has 2 atom stereocenters. The highest BCUT2D eigenvalue weighted by molar-refractivity contribution is 6.21. The molecular weight excluding hydrogens is 254 g/mol. The highest BCUT2D eigenvalue weighted by atomic mass is 16.4. The lowest BCUT2D eigenvalue weighted by Gasteiger charge is -2.16. The lowest BCUT2D eigenvalue weighted by molar-refractivity contribution is -0.141. The van der Waals surface area contributed by atoms with Crippen LogP contribution in [0, 0.1) is 0 Å². The van der Waals surface area contributed by atoms with Crippen molar-refractivity contribution in [1.29, 1.82) is 0 Å². The monoisotopic (exact) mass is 265 g/mol. The number of hydrogen-bond donors (Lipinski definition) is 4. The number of carboxylic acid groups (broad SMARTS) is 1. The number of carbonyl (C=O) groups excluding carboxylic acids is 2. The van der Waals surface area contributed by atoms with Crippen LogP contribution in [0.2, 0.25) is 0 Å². The van der Waals surface area contributed by atoms with Crippen LogP contribution in [0.25, 0.3) is 0 Å². The van der Waals surface area contributed by atoms with E-state index in [0.717, 1.165) is 0 Å². The SMILES string of the molecule is O=C(O)CC(O)C(O)c1ccc2c(c1)C(=O)NC2=O. The highest BCUT2D eigenvalue weighted by Gasteiger charge is 2.29. The zero-order valence-corrected chi connectivity index (χ0v) is 9.66. The molecule has 2 rings (SSSR count). The number of aliphatic carboxylic acids is 1. The molecule has 19 heavy (non-hydrogen) atoms. The second-order valence-corrected chi connectivity index (χ2v) is 4.20. The maximum absolute atomic E-state index is 11.4. The number of imide groups is 1. The first-order valence-corrected chi connectivity index (χ1v) is 5.47. The normalized spacial score (nSPS) is 16.7. The van der Waals surface area contributed by atoms with Crippen molar-refractivity contribution in [3.8, 4) is 0 Å². The van der Waals surface area contributed by atoms with E-state index in [1.807, 2.05) is 0 Å². The fraction of sp³-hybridized carbons (Fsp3) is 0.250. The van der Waals surface area contributed by atoms with Gasteiger partial charge in [0.2, 0.25) is 0 Å². The van der Waals surface area contributed by atoms with Crippen molar-refractivity contribution in [2.45, 2.75) is 18.6 Å². The third-order valence-corrected chi connectivity index (χ3v) is 2.85. The van der Waals surface area contributed by atoms with Gasteiger partial charge in [-0.1, -0.05) is 6.07 Å². The molecule has 0 fully saturated rings.